The van der Waals surface area contributed by atoms with E-state index in [1.807, 2.05) is 0 Å². The van der Waals surface area contributed by atoms with E-state index in [1.165, 1.54) is 0 Å². The van der Waals surface area contributed by atoms with Crippen LogP contribution in [-0.2, 0) is 16.5 Å². The smallest absolute Gasteiger partial charge is 0.125 e. The average molecular weight is 181 g/mol. The number of nitrogens with one attached hydrogen (secondary N) is 1. The Hall–Kier alpha value is -1.13. The minimum Gasteiger partial charge on any atom is -0.383 e. The van der Waals surface area contributed by atoms with Gasteiger partial charge in [0, 0.05) is 19.9 Å². The number of aromatic nitrogens is 1. The molecule has 1 radical (unpaired) electrons. The Morgan fingerprint density at radius 2 is 2.38 bits per heavy atom. The second-order valence-electron chi connectivity index (χ2n) is 2.62. The number of rotatable bonds is 5. The summed E-state index contributed by atoms with van der Waals surface area (Å²) in [5, 5.41) is 13.5. The third-order valence-corrected chi connectivity index (χ3v) is 1.60. The van der Waals surface area contributed by atoms with Crippen LogP contribution in [-0.4, -0.2) is 25.2 Å². The van der Waals surface area contributed by atoms with Gasteiger partial charge in [-0.3, -0.25) is 0 Å². The predicted octanol–water partition coefficient (Wildman–Crippen LogP) is 1.07. The monoisotopic (exact) mass is 181 g/mol. The molecule has 1 aromatic heterocycles. The first-order chi connectivity index (χ1) is 6.36. The molecule has 0 unspecified atom stereocenters. The largest absolute Gasteiger partial charge is 0.383 e. The van der Waals surface area contributed by atoms with Gasteiger partial charge in [-0.2, -0.15) is 0 Å². The van der Waals surface area contributed by atoms with Crippen molar-refractivity contribution in [3.63, 3.8) is 0 Å². The lowest BCUT2D eigenvalue weighted by Crippen LogP contribution is -2.08. The summed E-state index contributed by atoms with van der Waals surface area (Å²) in [5.74, 6) is 0.772. The third kappa shape index (κ3) is 3.40. The lowest BCUT2D eigenvalue weighted by Gasteiger charge is -2.04. The Morgan fingerprint density at radius 1 is 1.54 bits per heavy atom. The van der Waals surface area contributed by atoms with Gasteiger partial charge in [-0.05, 0) is 11.6 Å². The highest BCUT2D eigenvalue weighted by atomic mass is 16.5. The fraction of sp³-hybridized carbons (Fsp3) is 0.444. The minimum absolute atomic E-state index is 0.217. The van der Waals surface area contributed by atoms with Gasteiger partial charge in [0.25, 0.3) is 0 Å². The highest BCUT2D eigenvalue weighted by molar-refractivity contribution is 5.35. The Morgan fingerprint density at radius 3 is 2.92 bits per heavy atom. The fourth-order valence-electron chi connectivity index (χ4n) is 0.896. The fourth-order valence-corrected chi connectivity index (χ4v) is 0.896. The van der Waals surface area contributed by atoms with E-state index in [0.717, 1.165) is 12.4 Å². The lowest BCUT2D eigenvalue weighted by atomic mass is 10.3. The maximum atomic E-state index is 10.4. The molecule has 0 fully saturated rings. The molecule has 4 nitrogen and oxygen atoms in total. The van der Waals surface area contributed by atoms with Gasteiger partial charge in [-0.1, -0.05) is 6.07 Å². The Bertz CT molecular complexity index is 236. The van der Waals surface area contributed by atoms with Gasteiger partial charge < -0.3 is 10.1 Å². The third-order valence-electron chi connectivity index (χ3n) is 1.60. The maximum Gasteiger partial charge on any atom is 0.125 e. The van der Waals surface area contributed by atoms with Gasteiger partial charge >= 0.3 is 0 Å². The number of methoxy groups -OCH3 is 1. The molecule has 1 rings (SSSR count). The Kier molecular flexibility index (Phi) is 4.21. The first kappa shape index (κ1) is 9.95. The number of ether oxygens (including phenoxy) is 1. The zero-order chi connectivity index (χ0) is 9.52. The molecule has 4 heteroatoms. The number of hydrogen-bond donors (Lipinski definition) is 1. The van der Waals surface area contributed by atoms with Crippen LogP contribution < -0.4 is 5.32 Å². The van der Waals surface area contributed by atoms with Gasteiger partial charge in [0.15, 0.2) is 0 Å². The van der Waals surface area contributed by atoms with Crippen LogP contribution in [0.4, 0.5) is 5.82 Å². The van der Waals surface area contributed by atoms with Crippen LogP contribution in [0.3, 0.4) is 0 Å². The van der Waals surface area contributed by atoms with Crippen molar-refractivity contribution in [3.8, 4) is 0 Å². The van der Waals surface area contributed by atoms with Crippen molar-refractivity contribution in [2.45, 2.75) is 6.61 Å². The van der Waals surface area contributed by atoms with Crippen LogP contribution in [0.25, 0.3) is 0 Å². The molecule has 1 heterocycles. The molecule has 13 heavy (non-hydrogen) atoms. The van der Waals surface area contributed by atoms with Crippen molar-refractivity contribution in [2.24, 2.45) is 0 Å². The van der Waals surface area contributed by atoms with Crippen molar-refractivity contribution >= 4 is 5.82 Å². The highest BCUT2D eigenvalue weighted by Crippen LogP contribution is 2.04. The summed E-state index contributed by atoms with van der Waals surface area (Å²) in [7, 11) is 1.65. The van der Waals surface area contributed by atoms with Crippen LogP contribution in [0.1, 0.15) is 5.56 Å². The van der Waals surface area contributed by atoms with E-state index in [0.29, 0.717) is 12.2 Å². The van der Waals surface area contributed by atoms with E-state index in [9.17, 15) is 5.11 Å². The van der Waals surface area contributed by atoms with E-state index in [2.05, 4.69) is 10.3 Å². The summed E-state index contributed by atoms with van der Waals surface area (Å²) in [6.45, 7) is 1.15. The molecule has 0 aliphatic rings. The normalized spacial score (nSPS) is 10.0. The van der Waals surface area contributed by atoms with Gasteiger partial charge in [-0.25, -0.2) is 10.1 Å². The molecular formula is C9H13N2O2. The summed E-state index contributed by atoms with van der Waals surface area (Å²) in [6, 6.07) is 3.57. The van der Waals surface area contributed by atoms with Crippen molar-refractivity contribution < 1.29 is 9.84 Å². The summed E-state index contributed by atoms with van der Waals surface area (Å²) < 4.78 is 4.87. The van der Waals surface area contributed by atoms with Crippen molar-refractivity contribution in [1.82, 2.24) is 4.98 Å². The molecule has 0 amide bonds. The van der Waals surface area contributed by atoms with E-state index in [1.54, 1.807) is 25.4 Å². The first-order valence-electron chi connectivity index (χ1n) is 4.12. The average Bonchev–Trinajstić information content (AvgIpc) is 2.19. The second kappa shape index (κ2) is 5.50. The summed E-state index contributed by atoms with van der Waals surface area (Å²) in [5.41, 5.74) is 0.706. The standard InChI is InChI=1S/C9H13N2O2/c1-13-5-4-10-9-3-2-8(7-12)6-11-9/h2-3,6H,4-5,7H2,1H3,(H,10,11). The number of pyridine rings is 1. The zero-order valence-corrected chi connectivity index (χ0v) is 7.62. The summed E-state index contributed by atoms with van der Waals surface area (Å²) >= 11 is 0. The van der Waals surface area contributed by atoms with Gasteiger partial charge in [-0.15, -0.1) is 0 Å². The maximum absolute atomic E-state index is 10.4. The second-order valence-corrected chi connectivity index (χ2v) is 2.62. The molecule has 1 N–H and O–H groups in total. The number of anilines is 1. The van der Waals surface area contributed by atoms with Crippen molar-refractivity contribution in [2.75, 3.05) is 25.6 Å². The molecule has 0 saturated heterocycles. The van der Waals surface area contributed by atoms with Crippen LogP contribution in [0.5, 0.6) is 0 Å². The van der Waals surface area contributed by atoms with E-state index >= 15 is 0 Å². The molecular weight excluding hydrogens is 168 g/mol. The van der Waals surface area contributed by atoms with Crippen LogP contribution in [0, 0.1) is 0 Å². The molecule has 0 saturated carbocycles. The molecule has 0 aliphatic heterocycles. The van der Waals surface area contributed by atoms with E-state index in [-0.39, 0.29) is 6.61 Å². The summed E-state index contributed by atoms with van der Waals surface area (Å²) in [4.78, 5) is 4.05. The predicted molar refractivity (Wildman–Crippen MR) is 49.0 cm³/mol. The minimum atomic E-state index is -0.217. The quantitative estimate of drug-likeness (QED) is 0.691. The van der Waals surface area contributed by atoms with Gasteiger partial charge in [0.1, 0.15) is 12.4 Å². The Balaban J connectivity index is 2.40. The first-order valence-corrected chi connectivity index (χ1v) is 4.12. The molecule has 0 aliphatic carbocycles. The van der Waals surface area contributed by atoms with Crippen molar-refractivity contribution in [3.05, 3.63) is 23.9 Å². The lowest BCUT2D eigenvalue weighted by molar-refractivity contribution is 0.177. The van der Waals surface area contributed by atoms with E-state index in [4.69, 9.17) is 4.74 Å². The molecule has 71 valence electrons. The van der Waals surface area contributed by atoms with Crippen molar-refractivity contribution in [1.29, 1.82) is 0 Å². The Labute approximate surface area is 77.6 Å². The molecule has 0 bridgehead atoms. The number of hydrogen-bond acceptors (Lipinski definition) is 3. The van der Waals surface area contributed by atoms with Crippen LogP contribution in [0.15, 0.2) is 18.3 Å². The SMILES string of the molecule is COCCNc1ccc(C[O])cn1. The molecule has 0 spiro atoms. The molecule has 0 atom stereocenters. The highest BCUT2D eigenvalue weighted by Gasteiger charge is 1.93. The van der Waals surface area contributed by atoms with Crippen LogP contribution >= 0.6 is 0 Å². The number of nitrogens with zero attached hydrogens (tertiary/aromatic N) is 1. The summed E-state index contributed by atoms with van der Waals surface area (Å²) in [6.07, 6.45) is 1.59. The topological polar surface area (TPSA) is 54.0 Å². The molecule has 0 aromatic carbocycles. The van der Waals surface area contributed by atoms with Gasteiger partial charge in [0.05, 0.1) is 6.61 Å². The van der Waals surface area contributed by atoms with E-state index < -0.39 is 0 Å². The molecule has 1 aromatic rings. The van der Waals surface area contributed by atoms with Crippen LogP contribution in [0.2, 0.25) is 0 Å². The zero-order valence-electron chi connectivity index (χ0n) is 7.62. The van der Waals surface area contributed by atoms with Gasteiger partial charge in [0.2, 0.25) is 0 Å².